The molecule has 0 saturated heterocycles. The SMILES string of the molecule is Cn1c(SCc2noc(-c3ccsc3)n2)nc2sc3c(c2c1=O)CCC3. The molecule has 6 nitrogen and oxygen atoms in total. The molecule has 5 rings (SSSR count). The summed E-state index contributed by atoms with van der Waals surface area (Å²) in [4.78, 5) is 24.1. The van der Waals surface area contributed by atoms with Crippen LogP contribution in [0.2, 0.25) is 0 Å². The molecule has 0 aliphatic heterocycles. The zero-order valence-corrected chi connectivity index (χ0v) is 16.3. The van der Waals surface area contributed by atoms with Gasteiger partial charge in [-0.15, -0.1) is 11.3 Å². The van der Waals surface area contributed by atoms with Crippen molar-refractivity contribution >= 4 is 44.7 Å². The van der Waals surface area contributed by atoms with Crippen LogP contribution in [0.4, 0.5) is 0 Å². The van der Waals surface area contributed by atoms with E-state index in [1.807, 2.05) is 16.8 Å². The number of fused-ring (bicyclic) bond motifs is 3. The van der Waals surface area contributed by atoms with Gasteiger partial charge in [-0.2, -0.15) is 16.3 Å². The highest BCUT2D eigenvalue weighted by molar-refractivity contribution is 7.98. The second-order valence-corrected chi connectivity index (χ2v) is 8.92. The lowest BCUT2D eigenvalue weighted by atomic mass is 10.2. The van der Waals surface area contributed by atoms with Crippen LogP contribution in [0.5, 0.6) is 0 Å². The first kappa shape index (κ1) is 16.2. The third-order valence-electron chi connectivity index (χ3n) is 4.47. The van der Waals surface area contributed by atoms with E-state index in [0.29, 0.717) is 22.6 Å². The van der Waals surface area contributed by atoms with Crippen LogP contribution in [0, 0.1) is 0 Å². The summed E-state index contributed by atoms with van der Waals surface area (Å²) in [6.07, 6.45) is 3.20. The Labute approximate surface area is 160 Å². The summed E-state index contributed by atoms with van der Waals surface area (Å²) < 4.78 is 6.95. The van der Waals surface area contributed by atoms with Gasteiger partial charge in [0.15, 0.2) is 11.0 Å². The van der Waals surface area contributed by atoms with Gasteiger partial charge in [-0.25, -0.2) is 4.98 Å². The minimum absolute atomic E-state index is 0.0453. The first-order valence-corrected chi connectivity index (χ1v) is 10.9. The summed E-state index contributed by atoms with van der Waals surface area (Å²) in [5, 5.41) is 9.47. The number of thiophene rings is 2. The molecule has 0 fully saturated rings. The van der Waals surface area contributed by atoms with Gasteiger partial charge in [0.05, 0.1) is 16.7 Å². The molecule has 4 aromatic heterocycles. The number of rotatable bonds is 4. The van der Waals surface area contributed by atoms with E-state index in [1.54, 1.807) is 34.3 Å². The maximum absolute atomic E-state index is 12.8. The minimum Gasteiger partial charge on any atom is -0.334 e. The van der Waals surface area contributed by atoms with Gasteiger partial charge >= 0.3 is 0 Å². The molecular formula is C17H14N4O2S3. The molecule has 9 heteroatoms. The number of hydrogen-bond acceptors (Lipinski definition) is 8. The molecule has 132 valence electrons. The number of nitrogens with zero attached hydrogens (tertiary/aromatic N) is 4. The number of aromatic nitrogens is 4. The lowest BCUT2D eigenvalue weighted by molar-refractivity contribution is 0.425. The number of aryl methyl sites for hydroxylation is 2. The Morgan fingerprint density at radius 2 is 2.27 bits per heavy atom. The van der Waals surface area contributed by atoms with Gasteiger partial charge in [-0.3, -0.25) is 9.36 Å². The minimum atomic E-state index is 0.0453. The Hall–Kier alpha value is -1.97. The van der Waals surface area contributed by atoms with Crippen LogP contribution in [0.3, 0.4) is 0 Å². The largest absolute Gasteiger partial charge is 0.334 e. The second-order valence-electron chi connectivity index (χ2n) is 6.11. The van der Waals surface area contributed by atoms with Crippen LogP contribution >= 0.6 is 34.4 Å². The van der Waals surface area contributed by atoms with Crippen molar-refractivity contribution in [1.29, 1.82) is 0 Å². The van der Waals surface area contributed by atoms with E-state index < -0.39 is 0 Å². The lowest BCUT2D eigenvalue weighted by Crippen LogP contribution is -2.20. The van der Waals surface area contributed by atoms with Gasteiger partial charge < -0.3 is 4.52 Å². The van der Waals surface area contributed by atoms with Gasteiger partial charge in [-0.1, -0.05) is 16.9 Å². The fraction of sp³-hybridized carbons (Fsp3) is 0.294. The highest BCUT2D eigenvalue weighted by Crippen LogP contribution is 2.35. The quantitative estimate of drug-likeness (QED) is 0.381. The van der Waals surface area contributed by atoms with Crippen LogP contribution in [0.1, 0.15) is 22.7 Å². The average Bonchev–Trinajstić information content (AvgIpc) is 3.40. The first-order valence-electron chi connectivity index (χ1n) is 8.20. The molecule has 0 atom stereocenters. The van der Waals surface area contributed by atoms with E-state index in [-0.39, 0.29) is 5.56 Å². The topological polar surface area (TPSA) is 73.8 Å². The number of hydrogen-bond donors (Lipinski definition) is 0. The standard InChI is InChI=1S/C17H14N4O2S3/c1-21-16(22)13-10-3-2-4-11(10)26-15(13)19-17(21)25-8-12-18-14(23-20-12)9-5-6-24-7-9/h5-7H,2-4,8H2,1H3. The Morgan fingerprint density at radius 1 is 1.35 bits per heavy atom. The van der Waals surface area contributed by atoms with E-state index in [0.717, 1.165) is 35.0 Å². The van der Waals surface area contributed by atoms with Crippen LogP contribution in [0.15, 0.2) is 31.3 Å². The van der Waals surface area contributed by atoms with E-state index >= 15 is 0 Å². The highest BCUT2D eigenvalue weighted by Gasteiger charge is 2.22. The molecule has 0 saturated carbocycles. The maximum Gasteiger partial charge on any atom is 0.262 e. The van der Waals surface area contributed by atoms with Crippen molar-refractivity contribution in [2.45, 2.75) is 30.2 Å². The molecule has 1 aliphatic carbocycles. The zero-order chi connectivity index (χ0) is 17.7. The van der Waals surface area contributed by atoms with E-state index in [4.69, 9.17) is 9.51 Å². The molecule has 4 aromatic rings. The predicted octanol–water partition coefficient (Wildman–Crippen LogP) is 3.89. The van der Waals surface area contributed by atoms with Gasteiger partial charge in [0.25, 0.3) is 11.4 Å². The zero-order valence-electron chi connectivity index (χ0n) is 13.9. The number of thioether (sulfide) groups is 1. The molecule has 26 heavy (non-hydrogen) atoms. The molecule has 4 heterocycles. The van der Waals surface area contributed by atoms with Gasteiger partial charge in [-0.05, 0) is 36.3 Å². The Balaban J connectivity index is 1.43. The molecule has 0 N–H and O–H groups in total. The van der Waals surface area contributed by atoms with Gasteiger partial charge in [0, 0.05) is 17.3 Å². The van der Waals surface area contributed by atoms with Crippen molar-refractivity contribution in [2.75, 3.05) is 0 Å². The molecule has 0 radical (unpaired) electrons. The monoisotopic (exact) mass is 402 g/mol. The Bertz CT molecular complexity index is 1160. The van der Waals surface area contributed by atoms with Crippen molar-refractivity contribution in [3.63, 3.8) is 0 Å². The second kappa shape index (κ2) is 6.33. The lowest BCUT2D eigenvalue weighted by Gasteiger charge is -2.06. The Kier molecular flexibility index (Phi) is 3.95. The van der Waals surface area contributed by atoms with Crippen molar-refractivity contribution in [3.05, 3.63) is 43.4 Å². The first-order chi connectivity index (χ1) is 12.7. The van der Waals surface area contributed by atoms with Gasteiger partial charge in [0.2, 0.25) is 0 Å². The third-order valence-corrected chi connectivity index (χ3v) is 7.37. The smallest absolute Gasteiger partial charge is 0.262 e. The fourth-order valence-electron chi connectivity index (χ4n) is 3.18. The molecule has 0 amide bonds. The van der Waals surface area contributed by atoms with Crippen molar-refractivity contribution in [3.8, 4) is 11.5 Å². The van der Waals surface area contributed by atoms with Crippen LogP contribution in [-0.2, 0) is 25.6 Å². The van der Waals surface area contributed by atoms with Crippen LogP contribution in [0.25, 0.3) is 21.7 Å². The molecular weight excluding hydrogens is 388 g/mol. The molecule has 1 aliphatic rings. The highest BCUT2D eigenvalue weighted by atomic mass is 32.2. The molecule has 0 aromatic carbocycles. The van der Waals surface area contributed by atoms with Crippen molar-refractivity contribution < 1.29 is 4.52 Å². The summed E-state index contributed by atoms with van der Waals surface area (Å²) in [6.45, 7) is 0. The maximum atomic E-state index is 12.8. The molecule has 0 spiro atoms. The van der Waals surface area contributed by atoms with Crippen molar-refractivity contribution in [2.24, 2.45) is 7.05 Å². The molecule has 0 bridgehead atoms. The average molecular weight is 403 g/mol. The molecule has 0 unspecified atom stereocenters. The normalized spacial score (nSPS) is 13.6. The van der Waals surface area contributed by atoms with Crippen LogP contribution < -0.4 is 5.56 Å². The van der Waals surface area contributed by atoms with Gasteiger partial charge in [0.1, 0.15) is 4.83 Å². The Morgan fingerprint density at radius 3 is 3.12 bits per heavy atom. The van der Waals surface area contributed by atoms with Crippen molar-refractivity contribution in [1.82, 2.24) is 19.7 Å². The summed E-state index contributed by atoms with van der Waals surface area (Å²) in [7, 11) is 1.78. The fourth-order valence-corrected chi connectivity index (χ4v) is 5.93. The summed E-state index contributed by atoms with van der Waals surface area (Å²) >= 11 is 4.71. The third kappa shape index (κ3) is 2.62. The van der Waals surface area contributed by atoms with Crippen LogP contribution in [-0.4, -0.2) is 19.7 Å². The van der Waals surface area contributed by atoms with E-state index in [9.17, 15) is 4.79 Å². The predicted molar refractivity (Wildman–Crippen MR) is 104 cm³/mol. The van der Waals surface area contributed by atoms with E-state index in [2.05, 4.69) is 10.1 Å². The summed E-state index contributed by atoms with van der Waals surface area (Å²) in [5.41, 5.74) is 2.19. The summed E-state index contributed by atoms with van der Waals surface area (Å²) in [5.74, 6) is 1.62. The summed E-state index contributed by atoms with van der Waals surface area (Å²) in [6, 6.07) is 1.95. The van der Waals surface area contributed by atoms with E-state index in [1.165, 1.54) is 22.2 Å².